The fourth-order valence-electron chi connectivity index (χ4n) is 2.61. The van der Waals surface area contributed by atoms with E-state index in [2.05, 4.69) is 20.3 Å². The lowest BCUT2D eigenvalue weighted by Gasteiger charge is -2.16. The average molecular weight is 307 g/mol. The molecule has 1 unspecified atom stereocenters. The van der Waals surface area contributed by atoms with Crippen molar-refractivity contribution in [3.05, 3.63) is 58.5 Å². The second kappa shape index (κ2) is 5.46. The molecule has 6 heteroatoms. The van der Waals surface area contributed by atoms with Crippen molar-refractivity contribution in [3.63, 3.8) is 0 Å². The van der Waals surface area contributed by atoms with Gasteiger partial charge in [-0.3, -0.25) is 4.79 Å². The molecule has 0 saturated heterocycles. The van der Waals surface area contributed by atoms with Gasteiger partial charge in [0.05, 0.1) is 11.6 Å². The van der Waals surface area contributed by atoms with E-state index >= 15 is 0 Å². The van der Waals surface area contributed by atoms with Gasteiger partial charge in [-0.25, -0.2) is 15.0 Å². The van der Waals surface area contributed by atoms with Gasteiger partial charge >= 0.3 is 0 Å². The van der Waals surface area contributed by atoms with Gasteiger partial charge in [0.25, 0.3) is 5.56 Å². The fraction of sp³-hybridized carbons (Fsp3) is 0.294. The Morgan fingerprint density at radius 3 is 2.83 bits per heavy atom. The number of nitrogens with zero attached hydrogens (tertiary/aromatic N) is 3. The minimum Gasteiger partial charge on any atom is -0.360 e. The lowest BCUT2D eigenvalue weighted by Crippen LogP contribution is -2.17. The molecule has 2 aromatic heterocycles. The largest absolute Gasteiger partial charge is 0.360 e. The second-order valence-corrected chi connectivity index (χ2v) is 5.91. The number of hydrogen-bond acceptors (Lipinski definition) is 5. The van der Waals surface area contributed by atoms with Crippen LogP contribution < -0.4 is 10.9 Å². The summed E-state index contributed by atoms with van der Waals surface area (Å²) in [6.45, 7) is 1.95. The summed E-state index contributed by atoms with van der Waals surface area (Å²) in [5.74, 6) is 2.75. The van der Waals surface area contributed by atoms with Crippen LogP contribution in [0.25, 0.3) is 10.9 Å². The Balaban J connectivity index is 1.74. The highest BCUT2D eigenvalue weighted by Crippen LogP contribution is 2.39. The number of nitrogens with one attached hydrogen (secondary N) is 2. The number of aromatic amines is 1. The highest BCUT2D eigenvalue weighted by atomic mass is 16.1. The predicted octanol–water partition coefficient (Wildman–Crippen LogP) is 2.76. The summed E-state index contributed by atoms with van der Waals surface area (Å²) in [4.78, 5) is 27.8. The Labute approximate surface area is 133 Å². The molecule has 1 atom stereocenters. The monoisotopic (exact) mass is 307 g/mol. The van der Waals surface area contributed by atoms with Crippen molar-refractivity contribution in [1.82, 2.24) is 19.9 Å². The summed E-state index contributed by atoms with van der Waals surface area (Å²) < 4.78 is 0. The summed E-state index contributed by atoms with van der Waals surface area (Å²) in [5, 5.41) is 4.34. The van der Waals surface area contributed by atoms with E-state index in [4.69, 9.17) is 4.98 Å². The molecule has 1 fully saturated rings. The Morgan fingerprint density at radius 2 is 2.04 bits per heavy atom. The first-order valence-corrected chi connectivity index (χ1v) is 7.79. The van der Waals surface area contributed by atoms with Crippen LogP contribution in [0.1, 0.15) is 43.4 Å². The summed E-state index contributed by atoms with van der Waals surface area (Å²) in [6.07, 6.45) is 3.82. The van der Waals surface area contributed by atoms with E-state index in [0.29, 0.717) is 11.7 Å². The lowest BCUT2D eigenvalue weighted by molar-refractivity contribution is 0.773. The molecule has 0 spiro atoms. The van der Waals surface area contributed by atoms with Crippen LogP contribution in [-0.2, 0) is 0 Å². The summed E-state index contributed by atoms with van der Waals surface area (Å²) in [6, 6.07) is 9.20. The second-order valence-electron chi connectivity index (χ2n) is 5.91. The molecule has 23 heavy (non-hydrogen) atoms. The molecule has 0 aliphatic heterocycles. The maximum atomic E-state index is 11.5. The zero-order chi connectivity index (χ0) is 15.8. The van der Waals surface area contributed by atoms with Crippen LogP contribution in [-0.4, -0.2) is 19.9 Å². The first-order chi connectivity index (χ1) is 11.2. The molecule has 6 nitrogen and oxygen atoms in total. The van der Waals surface area contributed by atoms with E-state index in [0.717, 1.165) is 35.4 Å². The molecule has 1 saturated carbocycles. The summed E-state index contributed by atoms with van der Waals surface area (Å²) >= 11 is 0. The zero-order valence-electron chi connectivity index (χ0n) is 12.8. The quantitative estimate of drug-likeness (QED) is 0.774. The molecule has 2 heterocycles. The molecule has 1 aliphatic rings. The third-order valence-corrected chi connectivity index (χ3v) is 4.02. The Bertz CT molecular complexity index is 916. The van der Waals surface area contributed by atoms with E-state index in [1.165, 1.54) is 12.3 Å². The zero-order valence-corrected chi connectivity index (χ0v) is 12.8. The van der Waals surface area contributed by atoms with Crippen LogP contribution in [0.3, 0.4) is 0 Å². The van der Waals surface area contributed by atoms with Crippen LogP contribution in [0.15, 0.2) is 41.3 Å². The topological polar surface area (TPSA) is 83.6 Å². The van der Waals surface area contributed by atoms with Crippen molar-refractivity contribution in [3.8, 4) is 0 Å². The molecule has 1 aromatic carbocycles. The minimum absolute atomic E-state index is 0.158. The third kappa shape index (κ3) is 2.79. The van der Waals surface area contributed by atoms with Crippen molar-refractivity contribution >= 4 is 16.7 Å². The molecule has 1 aliphatic carbocycles. The number of H-pyrrole nitrogens is 1. The Hall–Kier alpha value is -2.76. The lowest BCUT2D eigenvalue weighted by atomic mass is 10.2. The number of para-hydroxylation sites is 1. The molecule has 2 N–H and O–H groups in total. The summed E-state index contributed by atoms with van der Waals surface area (Å²) in [5.41, 5.74) is 0.781. The van der Waals surface area contributed by atoms with Gasteiger partial charge in [0.2, 0.25) is 0 Å². The molecule has 0 radical (unpaired) electrons. The maximum absolute atomic E-state index is 11.5. The average Bonchev–Trinajstić information content (AvgIpc) is 3.39. The standard InChI is InChI=1S/C17H17N5O/c1-10(15-18-9-8-14(23)21-15)19-17-12-4-2-3-5-13(12)20-16(22-17)11-6-7-11/h2-5,8-11H,6-7H2,1H3,(H,18,21,23)(H,19,20,22). The van der Waals surface area contributed by atoms with Gasteiger partial charge < -0.3 is 10.3 Å². The van der Waals surface area contributed by atoms with Crippen LogP contribution in [0, 0.1) is 0 Å². The molecule has 0 amide bonds. The van der Waals surface area contributed by atoms with Crippen LogP contribution in [0.4, 0.5) is 5.82 Å². The number of anilines is 1. The van der Waals surface area contributed by atoms with Crippen LogP contribution in [0.5, 0.6) is 0 Å². The van der Waals surface area contributed by atoms with E-state index in [9.17, 15) is 4.79 Å². The number of hydrogen-bond donors (Lipinski definition) is 2. The first-order valence-electron chi connectivity index (χ1n) is 7.79. The minimum atomic E-state index is -0.158. The Morgan fingerprint density at radius 1 is 1.22 bits per heavy atom. The predicted molar refractivity (Wildman–Crippen MR) is 88.4 cm³/mol. The van der Waals surface area contributed by atoms with Crippen molar-refractivity contribution < 1.29 is 0 Å². The number of rotatable bonds is 4. The van der Waals surface area contributed by atoms with E-state index in [-0.39, 0.29) is 11.6 Å². The van der Waals surface area contributed by atoms with E-state index in [1.54, 1.807) is 0 Å². The molecular weight excluding hydrogens is 290 g/mol. The molecule has 116 valence electrons. The Kier molecular flexibility index (Phi) is 3.29. The number of benzene rings is 1. The van der Waals surface area contributed by atoms with Crippen molar-refractivity contribution in [2.45, 2.75) is 31.7 Å². The van der Waals surface area contributed by atoms with Gasteiger partial charge in [-0.2, -0.15) is 0 Å². The SMILES string of the molecule is CC(Nc1nc(C2CC2)nc2ccccc12)c1nccc(=O)[nH]1. The van der Waals surface area contributed by atoms with Gasteiger partial charge in [0.15, 0.2) is 0 Å². The van der Waals surface area contributed by atoms with Gasteiger partial charge in [0.1, 0.15) is 17.5 Å². The maximum Gasteiger partial charge on any atom is 0.250 e. The fourth-order valence-corrected chi connectivity index (χ4v) is 2.61. The number of aromatic nitrogens is 4. The van der Waals surface area contributed by atoms with Crippen molar-refractivity contribution in [2.24, 2.45) is 0 Å². The molecule has 3 aromatic rings. The van der Waals surface area contributed by atoms with Crippen LogP contribution >= 0.6 is 0 Å². The number of fused-ring (bicyclic) bond motifs is 1. The highest BCUT2D eigenvalue weighted by Gasteiger charge is 2.27. The van der Waals surface area contributed by atoms with Gasteiger partial charge in [-0.05, 0) is 31.9 Å². The molecule has 0 bridgehead atoms. The van der Waals surface area contributed by atoms with Gasteiger partial charge in [-0.1, -0.05) is 12.1 Å². The third-order valence-electron chi connectivity index (χ3n) is 4.02. The van der Waals surface area contributed by atoms with Crippen LogP contribution in [0.2, 0.25) is 0 Å². The van der Waals surface area contributed by atoms with E-state index < -0.39 is 0 Å². The van der Waals surface area contributed by atoms with Crippen molar-refractivity contribution in [1.29, 1.82) is 0 Å². The summed E-state index contributed by atoms with van der Waals surface area (Å²) in [7, 11) is 0. The highest BCUT2D eigenvalue weighted by molar-refractivity contribution is 5.89. The van der Waals surface area contributed by atoms with E-state index in [1.807, 2.05) is 31.2 Å². The van der Waals surface area contributed by atoms with Gasteiger partial charge in [0, 0.05) is 23.6 Å². The first kappa shape index (κ1) is 13.9. The normalized spacial score (nSPS) is 15.5. The van der Waals surface area contributed by atoms with Crippen molar-refractivity contribution in [2.75, 3.05) is 5.32 Å². The molecule has 4 rings (SSSR count). The smallest absolute Gasteiger partial charge is 0.250 e. The molecular formula is C17H17N5O. The van der Waals surface area contributed by atoms with Gasteiger partial charge in [-0.15, -0.1) is 0 Å².